The van der Waals surface area contributed by atoms with E-state index in [4.69, 9.17) is 0 Å². The van der Waals surface area contributed by atoms with Crippen molar-refractivity contribution in [3.05, 3.63) is 27.8 Å². The highest BCUT2D eigenvalue weighted by Gasteiger charge is 2.25. The standard InChI is InChI=1S/C9H9F3IN/c10-9(11,12)4-5-14-8-3-1-2-7(13)6-8/h1-3,6,14H,4-5H2. The fraction of sp³-hybridized carbons (Fsp3) is 0.333. The van der Waals surface area contributed by atoms with Crippen molar-refractivity contribution in [2.75, 3.05) is 11.9 Å². The normalized spacial score (nSPS) is 11.4. The average molecular weight is 315 g/mol. The van der Waals surface area contributed by atoms with Crippen molar-refractivity contribution in [1.82, 2.24) is 0 Å². The zero-order valence-electron chi connectivity index (χ0n) is 7.24. The largest absolute Gasteiger partial charge is 0.390 e. The molecule has 0 saturated heterocycles. The lowest BCUT2D eigenvalue weighted by molar-refractivity contribution is -0.131. The molecule has 5 heteroatoms. The molecule has 0 fully saturated rings. The summed E-state index contributed by atoms with van der Waals surface area (Å²) in [4.78, 5) is 0. The molecule has 0 bridgehead atoms. The third-order valence-electron chi connectivity index (χ3n) is 1.56. The summed E-state index contributed by atoms with van der Waals surface area (Å²) in [5.74, 6) is 0. The number of hydrogen-bond acceptors (Lipinski definition) is 1. The van der Waals surface area contributed by atoms with Crippen LogP contribution < -0.4 is 5.32 Å². The highest BCUT2D eigenvalue weighted by Crippen LogP contribution is 2.19. The van der Waals surface area contributed by atoms with Gasteiger partial charge in [0, 0.05) is 15.8 Å². The van der Waals surface area contributed by atoms with Gasteiger partial charge in [-0.3, -0.25) is 0 Å². The first-order valence-electron chi connectivity index (χ1n) is 4.03. The predicted molar refractivity (Wildman–Crippen MR) is 58.3 cm³/mol. The number of hydrogen-bond donors (Lipinski definition) is 1. The minimum atomic E-state index is -4.09. The molecule has 0 amide bonds. The van der Waals surface area contributed by atoms with Crippen LogP contribution in [0.25, 0.3) is 0 Å². The Hall–Kier alpha value is -0.460. The number of benzene rings is 1. The second kappa shape index (κ2) is 4.86. The third-order valence-corrected chi connectivity index (χ3v) is 2.23. The van der Waals surface area contributed by atoms with Crippen molar-refractivity contribution >= 4 is 28.3 Å². The molecule has 0 heterocycles. The maximum absolute atomic E-state index is 11.8. The zero-order chi connectivity index (χ0) is 10.6. The molecule has 0 atom stereocenters. The fourth-order valence-corrected chi connectivity index (χ4v) is 1.49. The average Bonchev–Trinajstić information content (AvgIpc) is 2.01. The number of nitrogens with one attached hydrogen (secondary N) is 1. The van der Waals surface area contributed by atoms with Gasteiger partial charge in [-0.05, 0) is 40.8 Å². The quantitative estimate of drug-likeness (QED) is 0.840. The summed E-state index contributed by atoms with van der Waals surface area (Å²) in [7, 11) is 0. The Morgan fingerprint density at radius 3 is 2.57 bits per heavy atom. The molecule has 0 radical (unpaired) electrons. The van der Waals surface area contributed by atoms with E-state index in [1.807, 2.05) is 6.07 Å². The van der Waals surface area contributed by atoms with Crippen LogP contribution in [0.3, 0.4) is 0 Å². The van der Waals surface area contributed by atoms with Crippen LogP contribution in [0.1, 0.15) is 6.42 Å². The van der Waals surface area contributed by atoms with E-state index in [0.29, 0.717) is 0 Å². The predicted octanol–water partition coefficient (Wildman–Crippen LogP) is 3.66. The lowest BCUT2D eigenvalue weighted by Crippen LogP contribution is -2.14. The number of rotatable bonds is 3. The van der Waals surface area contributed by atoms with E-state index < -0.39 is 12.6 Å². The van der Waals surface area contributed by atoms with E-state index >= 15 is 0 Å². The molecular weight excluding hydrogens is 306 g/mol. The lowest BCUT2D eigenvalue weighted by atomic mass is 10.3. The van der Waals surface area contributed by atoms with Gasteiger partial charge in [0.05, 0.1) is 6.42 Å². The molecule has 0 unspecified atom stereocenters. The Kier molecular flexibility index (Phi) is 4.03. The fourth-order valence-electron chi connectivity index (χ4n) is 0.947. The number of halogens is 4. The van der Waals surface area contributed by atoms with Crippen molar-refractivity contribution in [3.63, 3.8) is 0 Å². The molecule has 1 N–H and O–H groups in total. The van der Waals surface area contributed by atoms with Crippen LogP contribution in [-0.2, 0) is 0 Å². The van der Waals surface area contributed by atoms with Crippen molar-refractivity contribution < 1.29 is 13.2 Å². The Morgan fingerprint density at radius 2 is 2.00 bits per heavy atom. The van der Waals surface area contributed by atoms with Crippen molar-refractivity contribution in [1.29, 1.82) is 0 Å². The van der Waals surface area contributed by atoms with Crippen LogP contribution in [0, 0.1) is 3.57 Å². The topological polar surface area (TPSA) is 12.0 Å². The van der Waals surface area contributed by atoms with Gasteiger partial charge in [-0.1, -0.05) is 6.07 Å². The molecule has 0 aliphatic carbocycles. The summed E-state index contributed by atoms with van der Waals surface area (Å²) in [5.41, 5.74) is 0.723. The second-order valence-corrected chi connectivity index (χ2v) is 4.05. The molecule has 0 aliphatic heterocycles. The van der Waals surface area contributed by atoms with Gasteiger partial charge in [0.2, 0.25) is 0 Å². The molecule has 0 aliphatic rings. The van der Waals surface area contributed by atoms with E-state index in [0.717, 1.165) is 9.26 Å². The summed E-state index contributed by atoms with van der Waals surface area (Å²) in [5, 5.41) is 2.72. The van der Waals surface area contributed by atoms with Crippen molar-refractivity contribution in [2.45, 2.75) is 12.6 Å². The molecular formula is C9H9F3IN. The van der Waals surface area contributed by atoms with Gasteiger partial charge in [-0.15, -0.1) is 0 Å². The van der Waals surface area contributed by atoms with Gasteiger partial charge < -0.3 is 5.32 Å². The van der Waals surface area contributed by atoms with E-state index in [-0.39, 0.29) is 6.54 Å². The van der Waals surface area contributed by atoms with Crippen LogP contribution in [0.15, 0.2) is 24.3 Å². The van der Waals surface area contributed by atoms with Gasteiger partial charge in [0.1, 0.15) is 0 Å². The van der Waals surface area contributed by atoms with Gasteiger partial charge in [0.25, 0.3) is 0 Å². The Morgan fingerprint density at radius 1 is 1.29 bits per heavy atom. The Labute approximate surface area is 93.8 Å². The molecule has 1 rings (SSSR count). The van der Waals surface area contributed by atoms with Crippen LogP contribution in [-0.4, -0.2) is 12.7 Å². The van der Waals surface area contributed by atoms with Crippen LogP contribution in [0.4, 0.5) is 18.9 Å². The van der Waals surface area contributed by atoms with Crippen LogP contribution in [0.5, 0.6) is 0 Å². The van der Waals surface area contributed by atoms with E-state index in [2.05, 4.69) is 27.9 Å². The molecule has 0 aromatic heterocycles. The second-order valence-electron chi connectivity index (χ2n) is 2.80. The Balaban J connectivity index is 2.39. The maximum Gasteiger partial charge on any atom is 0.390 e. The molecule has 0 saturated carbocycles. The van der Waals surface area contributed by atoms with Gasteiger partial charge in [0.15, 0.2) is 0 Å². The van der Waals surface area contributed by atoms with E-state index in [1.165, 1.54) is 0 Å². The minimum Gasteiger partial charge on any atom is -0.385 e. The monoisotopic (exact) mass is 315 g/mol. The summed E-state index contributed by atoms with van der Waals surface area (Å²) >= 11 is 2.11. The van der Waals surface area contributed by atoms with Gasteiger partial charge >= 0.3 is 6.18 Å². The van der Waals surface area contributed by atoms with Gasteiger partial charge in [-0.2, -0.15) is 13.2 Å². The molecule has 1 nitrogen and oxygen atoms in total. The summed E-state index contributed by atoms with van der Waals surface area (Å²) in [6.45, 7) is -0.0798. The van der Waals surface area contributed by atoms with Crippen molar-refractivity contribution in [3.8, 4) is 0 Å². The highest BCUT2D eigenvalue weighted by atomic mass is 127. The number of alkyl halides is 3. The molecule has 1 aromatic rings. The highest BCUT2D eigenvalue weighted by molar-refractivity contribution is 14.1. The first-order chi connectivity index (χ1) is 6.47. The molecule has 78 valence electrons. The third kappa shape index (κ3) is 4.69. The summed E-state index contributed by atoms with van der Waals surface area (Å²) < 4.78 is 36.4. The molecule has 14 heavy (non-hydrogen) atoms. The molecule has 1 aromatic carbocycles. The van der Waals surface area contributed by atoms with Crippen LogP contribution in [0.2, 0.25) is 0 Å². The smallest absolute Gasteiger partial charge is 0.385 e. The minimum absolute atomic E-state index is 0.0798. The van der Waals surface area contributed by atoms with Gasteiger partial charge in [-0.25, -0.2) is 0 Å². The van der Waals surface area contributed by atoms with Crippen molar-refractivity contribution in [2.24, 2.45) is 0 Å². The molecule has 0 spiro atoms. The number of anilines is 1. The lowest BCUT2D eigenvalue weighted by Gasteiger charge is -2.08. The maximum atomic E-state index is 11.8. The summed E-state index contributed by atoms with van der Waals surface area (Å²) in [6.07, 6.45) is -4.90. The summed E-state index contributed by atoms with van der Waals surface area (Å²) in [6, 6.07) is 7.24. The first kappa shape index (κ1) is 11.6. The SMILES string of the molecule is FC(F)(F)CCNc1cccc(I)c1. The Bertz CT molecular complexity index is 298. The van der Waals surface area contributed by atoms with E-state index in [9.17, 15) is 13.2 Å². The zero-order valence-corrected chi connectivity index (χ0v) is 9.39. The van der Waals surface area contributed by atoms with E-state index in [1.54, 1.807) is 18.2 Å². The van der Waals surface area contributed by atoms with Crippen LogP contribution >= 0.6 is 22.6 Å². The first-order valence-corrected chi connectivity index (χ1v) is 5.11.